The molecule has 0 aliphatic rings. The van der Waals surface area contributed by atoms with Crippen LogP contribution in [0.1, 0.15) is 6.92 Å². The van der Waals surface area contributed by atoms with Gasteiger partial charge in [-0.2, -0.15) is 0 Å². The smallest absolute Gasteiger partial charge is 0.270 e. The average molecular weight is 279 g/mol. The molecule has 6 N–H and O–H groups in total. The molecule has 0 fully saturated rings. The van der Waals surface area contributed by atoms with E-state index >= 15 is 0 Å². The Labute approximate surface area is 113 Å². The van der Waals surface area contributed by atoms with E-state index in [1.807, 2.05) is 0 Å². The van der Waals surface area contributed by atoms with Gasteiger partial charge in [-0.25, -0.2) is 4.99 Å². The van der Waals surface area contributed by atoms with Crippen molar-refractivity contribution in [2.75, 3.05) is 5.73 Å². The first-order chi connectivity index (χ1) is 8.95. The molecule has 0 saturated heterocycles. The summed E-state index contributed by atoms with van der Waals surface area (Å²) in [5, 5.41) is 7.25. The summed E-state index contributed by atoms with van der Waals surface area (Å²) in [5.41, 5.74) is 10.4. The normalized spacial score (nSPS) is 11.1. The molecule has 1 aromatic carbocycles. The predicted molar refractivity (Wildman–Crippen MR) is 78.3 cm³/mol. The molecule has 100 valence electrons. The lowest BCUT2D eigenvalue weighted by molar-refractivity contribution is 0.799. The van der Waals surface area contributed by atoms with Crippen LogP contribution >= 0.6 is 12.2 Å². The lowest BCUT2D eigenvalue weighted by Crippen LogP contribution is -2.18. The zero-order chi connectivity index (χ0) is 14.4. The standard InChI is InChI=1S/C8H7N3O2.C3H6N2S/c9-4-1-2-5-6(3-4)8(13)11-10-7(5)12;1-3(4)5-2-6/h1-3H,9H2,(H,10,12)(H,11,13);3H,4H2,1H3. The minimum atomic E-state index is -0.345. The van der Waals surface area contributed by atoms with E-state index < -0.39 is 0 Å². The van der Waals surface area contributed by atoms with Gasteiger partial charge in [0.1, 0.15) is 6.17 Å². The largest absolute Gasteiger partial charge is 0.399 e. The maximum atomic E-state index is 11.2. The van der Waals surface area contributed by atoms with Gasteiger partial charge in [0, 0.05) is 5.69 Å². The number of hydrogen-bond acceptors (Lipinski definition) is 6. The van der Waals surface area contributed by atoms with Gasteiger partial charge in [-0.3, -0.25) is 19.8 Å². The molecule has 1 unspecified atom stereocenters. The molecule has 0 bridgehead atoms. The summed E-state index contributed by atoms with van der Waals surface area (Å²) in [5.74, 6) is 0. The molecule has 0 spiro atoms. The fourth-order valence-corrected chi connectivity index (χ4v) is 1.45. The van der Waals surface area contributed by atoms with E-state index in [0.717, 1.165) is 0 Å². The number of hydrogen-bond donors (Lipinski definition) is 4. The number of anilines is 1. The van der Waals surface area contributed by atoms with Gasteiger partial charge in [0.2, 0.25) is 0 Å². The van der Waals surface area contributed by atoms with Crippen LogP contribution in [-0.2, 0) is 0 Å². The summed E-state index contributed by atoms with van der Waals surface area (Å²) in [4.78, 5) is 25.8. The van der Waals surface area contributed by atoms with Crippen LogP contribution in [0.25, 0.3) is 10.8 Å². The second-order valence-electron chi connectivity index (χ2n) is 3.67. The fourth-order valence-electron chi connectivity index (χ4n) is 1.28. The Balaban J connectivity index is 0.000000258. The Morgan fingerprint density at radius 3 is 2.32 bits per heavy atom. The average Bonchev–Trinajstić information content (AvgIpc) is 2.34. The number of nitrogens with zero attached hydrogens (tertiary/aromatic N) is 1. The Morgan fingerprint density at radius 2 is 1.84 bits per heavy atom. The SMILES string of the molecule is CC(N)N=C=S.Nc1ccc2c(=O)[nH][nH]c(=O)c2c1. The molecular formula is C11H13N5O2S. The minimum Gasteiger partial charge on any atom is -0.399 e. The van der Waals surface area contributed by atoms with Gasteiger partial charge < -0.3 is 11.5 Å². The number of aliphatic imine (C=N–C) groups is 1. The zero-order valence-corrected chi connectivity index (χ0v) is 11.0. The summed E-state index contributed by atoms with van der Waals surface area (Å²) in [6.45, 7) is 1.74. The summed E-state index contributed by atoms with van der Waals surface area (Å²) in [7, 11) is 0. The molecule has 2 rings (SSSR count). The first-order valence-corrected chi connectivity index (χ1v) is 5.69. The second-order valence-corrected chi connectivity index (χ2v) is 3.86. The van der Waals surface area contributed by atoms with Crippen LogP contribution < -0.4 is 22.6 Å². The minimum absolute atomic E-state index is 0.192. The Morgan fingerprint density at radius 1 is 1.26 bits per heavy atom. The van der Waals surface area contributed by atoms with Crippen molar-refractivity contribution in [1.82, 2.24) is 10.2 Å². The van der Waals surface area contributed by atoms with Crippen LogP contribution in [0.2, 0.25) is 0 Å². The number of H-pyrrole nitrogens is 2. The van der Waals surface area contributed by atoms with Gasteiger partial charge >= 0.3 is 0 Å². The van der Waals surface area contributed by atoms with Crippen LogP contribution in [0.3, 0.4) is 0 Å². The predicted octanol–water partition coefficient (Wildman–Crippen LogP) is 0.192. The number of nitrogens with two attached hydrogens (primary N) is 2. The Kier molecular flexibility index (Phi) is 5.13. The number of nitrogens with one attached hydrogen (secondary N) is 2. The third-order valence-corrected chi connectivity index (χ3v) is 2.18. The molecule has 1 atom stereocenters. The second kappa shape index (κ2) is 6.60. The first kappa shape index (κ1) is 14.8. The molecule has 7 nitrogen and oxygen atoms in total. The van der Waals surface area contributed by atoms with Gasteiger partial charge in [-0.15, -0.1) is 0 Å². The van der Waals surface area contributed by atoms with Crippen molar-refractivity contribution >= 4 is 33.8 Å². The quantitative estimate of drug-likeness (QED) is 0.336. The summed E-state index contributed by atoms with van der Waals surface area (Å²) >= 11 is 4.23. The van der Waals surface area contributed by atoms with E-state index in [2.05, 4.69) is 32.6 Å². The van der Waals surface area contributed by atoms with Crippen LogP contribution in [0.4, 0.5) is 5.69 Å². The number of benzene rings is 1. The van der Waals surface area contributed by atoms with Gasteiger partial charge in [0.15, 0.2) is 0 Å². The number of aromatic nitrogens is 2. The van der Waals surface area contributed by atoms with Crippen molar-refractivity contribution in [1.29, 1.82) is 0 Å². The molecule has 0 aliphatic heterocycles. The van der Waals surface area contributed by atoms with Crippen LogP contribution in [-0.4, -0.2) is 21.5 Å². The first-order valence-electron chi connectivity index (χ1n) is 5.28. The van der Waals surface area contributed by atoms with Crippen molar-refractivity contribution in [3.05, 3.63) is 38.9 Å². The molecule has 1 aromatic heterocycles. The zero-order valence-electron chi connectivity index (χ0n) is 10.1. The molecular weight excluding hydrogens is 266 g/mol. The highest BCUT2D eigenvalue weighted by Crippen LogP contribution is 2.08. The lowest BCUT2D eigenvalue weighted by atomic mass is 10.2. The Bertz CT molecular complexity index is 728. The topological polar surface area (TPSA) is 130 Å². The maximum absolute atomic E-state index is 11.2. The summed E-state index contributed by atoms with van der Waals surface area (Å²) < 4.78 is 0. The number of rotatable bonds is 1. The molecule has 19 heavy (non-hydrogen) atoms. The molecule has 0 amide bonds. The van der Waals surface area contributed by atoms with E-state index in [1.54, 1.807) is 13.0 Å². The van der Waals surface area contributed by atoms with Crippen LogP contribution in [0.15, 0.2) is 32.8 Å². The summed E-state index contributed by atoms with van der Waals surface area (Å²) in [6.07, 6.45) is -0.192. The third kappa shape index (κ3) is 4.14. The van der Waals surface area contributed by atoms with Crippen LogP contribution in [0.5, 0.6) is 0 Å². The van der Waals surface area contributed by atoms with Crippen molar-refractivity contribution < 1.29 is 0 Å². The molecule has 1 heterocycles. The monoisotopic (exact) mass is 279 g/mol. The highest BCUT2D eigenvalue weighted by molar-refractivity contribution is 7.78. The maximum Gasteiger partial charge on any atom is 0.270 e. The Hall–Kier alpha value is -2.28. The molecule has 0 aliphatic carbocycles. The van der Waals surface area contributed by atoms with Crippen molar-refractivity contribution in [2.24, 2.45) is 10.7 Å². The van der Waals surface area contributed by atoms with E-state index in [1.165, 1.54) is 12.1 Å². The van der Waals surface area contributed by atoms with Crippen LogP contribution in [0, 0.1) is 0 Å². The van der Waals surface area contributed by atoms with Gasteiger partial charge in [-0.05, 0) is 37.3 Å². The number of nitrogen functional groups attached to an aromatic ring is 1. The summed E-state index contributed by atoms with van der Waals surface area (Å²) in [6, 6.07) is 4.58. The number of isothiocyanates is 1. The molecule has 8 heteroatoms. The molecule has 2 aromatic rings. The number of fused-ring (bicyclic) bond motifs is 1. The third-order valence-electron chi connectivity index (χ3n) is 2.08. The van der Waals surface area contributed by atoms with Gasteiger partial charge in [-0.1, -0.05) is 0 Å². The van der Waals surface area contributed by atoms with Crippen molar-refractivity contribution in [2.45, 2.75) is 13.1 Å². The number of aromatic amines is 2. The van der Waals surface area contributed by atoms with Crippen molar-refractivity contribution in [3.8, 4) is 0 Å². The van der Waals surface area contributed by atoms with E-state index in [-0.39, 0.29) is 17.3 Å². The lowest BCUT2D eigenvalue weighted by Gasteiger charge is -1.96. The van der Waals surface area contributed by atoms with E-state index in [4.69, 9.17) is 11.5 Å². The van der Waals surface area contributed by atoms with E-state index in [9.17, 15) is 9.59 Å². The molecule has 0 saturated carbocycles. The van der Waals surface area contributed by atoms with Crippen molar-refractivity contribution in [3.63, 3.8) is 0 Å². The van der Waals surface area contributed by atoms with E-state index in [0.29, 0.717) is 16.5 Å². The highest BCUT2D eigenvalue weighted by atomic mass is 32.1. The molecule has 0 radical (unpaired) electrons. The fraction of sp³-hybridized carbons (Fsp3) is 0.182. The number of thiocarbonyl (C=S) groups is 1. The van der Waals surface area contributed by atoms with Gasteiger partial charge in [0.25, 0.3) is 11.1 Å². The highest BCUT2D eigenvalue weighted by Gasteiger charge is 2.01. The van der Waals surface area contributed by atoms with Gasteiger partial charge in [0.05, 0.1) is 15.9 Å².